The van der Waals surface area contributed by atoms with Crippen LogP contribution < -0.4 is 4.72 Å². The van der Waals surface area contributed by atoms with Crippen molar-refractivity contribution in [2.75, 3.05) is 4.72 Å². The van der Waals surface area contributed by atoms with Gasteiger partial charge in [0.2, 0.25) is 0 Å². The van der Waals surface area contributed by atoms with Crippen LogP contribution in [-0.2, 0) is 23.5 Å². The van der Waals surface area contributed by atoms with Gasteiger partial charge in [-0.2, -0.15) is 5.10 Å². The molecule has 0 aliphatic heterocycles. The molecule has 0 aliphatic carbocycles. The highest BCUT2D eigenvalue weighted by Gasteiger charge is 2.18. The molecule has 0 saturated heterocycles. The summed E-state index contributed by atoms with van der Waals surface area (Å²) in [5.74, 6) is 0. The molecule has 19 heavy (non-hydrogen) atoms. The first kappa shape index (κ1) is 14.0. The molecule has 8 heteroatoms. The molecule has 2 aromatic rings. The van der Waals surface area contributed by atoms with E-state index in [9.17, 15) is 8.42 Å². The van der Waals surface area contributed by atoms with E-state index in [0.717, 1.165) is 0 Å². The second-order valence-electron chi connectivity index (χ2n) is 3.96. The predicted molar refractivity (Wildman–Crippen MR) is 75.3 cm³/mol. The molecule has 0 spiro atoms. The summed E-state index contributed by atoms with van der Waals surface area (Å²) in [6.07, 6.45) is 5.12. The Balaban J connectivity index is 2.36. The van der Waals surface area contributed by atoms with Crippen molar-refractivity contribution in [3.63, 3.8) is 0 Å². The van der Waals surface area contributed by atoms with E-state index in [1.807, 2.05) is 6.92 Å². The SMILES string of the molecule is CCc1nn(C)cc1NS(=O)(=O)c1cncc(Br)c1. The van der Waals surface area contributed by atoms with Gasteiger partial charge in [0.15, 0.2) is 0 Å². The Morgan fingerprint density at radius 1 is 1.42 bits per heavy atom. The minimum atomic E-state index is -3.65. The minimum absolute atomic E-state index is 0.104. The standard InChI is InChI=1S/C11H13BrN4O2S/c1-3-10-11(7-16(2)14-10)15-19(17,18)9-4-8(12)5-13-6-9/h4-7,15H,3H2,1-2H3. The number of rotatable bonds is 4. The molecule has 0 radical (unpaired) electrons. The van der Waals surface area contributed by atoms with Crippen molar-refractivity contribution in [1.29, 1.82) is 0 Å². The Hall–Kier alpha value is -1.41. The van der Waals surface area contributed by atoms with Crippen LogP contribution in [0.15, 0.2) is 34.0 Å². The van der Waals surface area contributed by atoms with Gasteiger partial charge in [-0.25, -0.2) is 8.42 Å². The van der Waals surface area contributed by atoms with E-state index >= 15 is 0 Å². The second-order valence-corrected chi connectivity index (χ2v) is 6.56. The number of nitrogens with zero attached hydrogens (tertiary/aromatic N) is 3. The molecule has 2 rings (SSSR count). The molecule has 102 valence electrons. The van der Waals surface area contributed by atoms with E-state index in [-0.39, 0.29) is 4.90 Å². The summed E-state index contributed by atoms with van der Waals surface area (Å²) in [7, 11) is -1.90. The molecule has 0 bridgehead atoms. The fourth-order valence-electron chi connectivity index (χ4n) is 1.62. The lowest BCUT2D eigenvalue weighted by Gasteiger charge is -2.07. The van der Waals surface area contributed by atoms with Crippen LogP contribution in [-0.4, -0.2) is 23.2 Å². The van der Waals surface area contributed by atoms with E-state index in [0.29, 0.717) is 22.3 Å². The summed E-state index contributed by atoms with van der Waals surface area (Å²) in [5, 5.41) is 4.19. The van der Waals surface area contributed by atoms with Gasteiger partial charge in [0.25, 0.3) is 10.0 Å². The summed E-state index contributed by atoms with van der Waals surface area (Å²) < 4.78 is 29.2. The van der Waals surface area contributed by atoms with E-state index in [4.69, 9.17) is 0 Å². The molecular weight excluding hydrogens is 332 g/mol. The van der Waals surface area contributed by atoms with Crippen LogP contribution in [0.2, 0.25) is 0 Å². The van der Waals surface area contributed by atoms with E-state index < -0.39 is 10.0 Å². The predicted octanol–water partition coefficient (Wildman–Crippen LogP) is 1.94. The van der Waals surface area contributed by atoms with Gasteiger partial charge in [0, 0.05) is 30.1 Å². The highest BCUT2D eigenvalue weighted by atomic mass is 79.9. The molecule has 0 aromatic carbocycles. The monoisotopic (exact) mass is 344 g/mol. The largest absolute Gasteiger partial charge is 0.276 e. The Kier molecular flexibility index (Phi) is 3.91. The molecule has 0 aliphatic rings. The maximum atomic E-state index is 12.2. The lowest BCUT2D eigenvalue weighted by molar-refractivity contribution is 0.600. The molecule has 0 unspecified atom stereocenters. The number of nitrogens with one attached hydrogen (secondary N) is 1. The van der Waals surface area contributed by atoms with Gasteiger partial charge in [0.05, 0.1) is 11.4 Å². The highest BCUT2D eigenvalue weighted by molar-refractivity contribution is 9.10. The lowest BCUT2D eigenvalue weighted by Crippen LogP contribution is -2.13. The van der Waals surface area contributed by atoms with Crippen LogP contribution in [0, 0.1) is 0 Å². The van der Waals surface area contributed by atoms with Gasteiger partial charge in [-0.3, -0.25) is 14.4 Å². The number of aryl methyl sites for hydroxylation is 2. The van der Waals surface area contributed by atoms with Crippen molar-refractivity contribution in [2.24, 2.45) is 7.05 Å². The fraction of sp³-hybridized carbons (Fsp3) is 0.273. The number of anilines is 1. The summed E-state index contributed by atoms with van der Waals surface area (Å²) in [5.41, 5.74) is 1.19. The number of hydrogen-bond acceptors (Lipinski definition) is 4. The van der Waals surface area contributed by atoms with Crippen LogP contribution in [0.4, 0.5) is 5.69 Å². The zero-order valence-corrected chi connectivity index (χ0v) is 12.9. The van der Waals surface area contributed by atoms with Gasteiger partial charge < -0.3 is 0 Å². The van der Waals surface area contributed by atoms with Crippen LogP contribution in [0.25, 0.3) is 0 Å². The van der Waals surface area contributed by atoms with Crippen LogP contribution in [0.5, 0.6) is 0 Å². The maximum absolute atomic E-state index is 12.2. The molecule has 0 fully saturated rings. The third-order valence-electron chi connectivity index (χ3n) is 2.47. The molecule has 2 heterocycles. The Morgan fingerprint density at radius 2 is 2.16 bits per heavy atom. The van der Waals surface area contributed by atoms with Crippen molar-refractivity contribution in [3.8, 4) is 0 Å². The van der Waals surface area contributed by atoms with Crippen molar-refractivity contribution in [2.45, 2.75) is 18.2 Å². The number of aromatic nitrogens is 3. The lowest BCUT2D eigenvalue weighted by atomic mass is 10.3. The second kappa shape index (κ2) is 5.30. The van der Waals surface area contributed by atoms with E-state index in [1.165, 1.54) is 18.5 Å². The van der Waals surface area contributed by atoms with Crippen LogP contribution in [0.1, 0.15) is 12.6 Å². The first-order chi connectivity index (χ1) is 8.92. The Morgan fingerprint density at radius 3 is 2.79 bits per heavy atom. The van der Waals surface area contributed by atoms with E-state index in [2.05, 4.69) is 30.7 Å². The average molecular weight is 345 g/mol. The minimum Gasteiger partial charge on any atom is -0.276 e. The average Bonchev–Trinajstić information content (AvgIpc) is 2.68. The number of halogens is 1. The highest BCUT2D eigenvalue weighted by Crippen LogP contribution is 2.20. The zero-order valence-electron chi connectivity index (χ0n) is 10.5. The number of pyridine rings is 1. The number of sulfonamides is 1. The third-order valence-corrected chi connectivity index (χ3v) is 4.24. The molecule has 0 amide bonds. The van der Waals surface area contributed by atoms with Gasteiger partial charge in [0.1, 0.15) is 4.90 Å². The molecule has 1 N–H and O–H groups in total. The summed E-state index contributed by atoms with van der Waals surface area (Å²) >= 11 is 3.20. The quantitative estimate of drug-likeness (QED) is 0.919. The van der Waals surface area contributed by atoms with Gasteiger partial charge in [-0.15, -0.1) is 0 Å². The first-order valence-corrected chi connectivity index (χ1v) is 7.86. The smallest absolute Gasteiger partial charge is 0.263 e. The summed E-state index contributed by atoms with van der Waals surface area (Å²) in [4.78, 5) is 3.96. The van der Waals surface area contributed by atoms with Crippen LogP contribution >= 0.6 is 15.9 Å². The van der Waals surface area contributed by atoms with Gasteiger partial charge in [-0.1, -0.05) is 6.92 Å². The first-order valence-electron chi connectivity index (χ1n) is 5.58. The van der Waals surface area contributed by atoms with Crippen LogP contribution in [0.3, 0.4) is 0 Å². The Bertz CT molecular complexity index is 696. The summed E-state index contributed by atoms with van der Waals surface area (Å²) in [6, 6.07) is 1.50. The Labute approximate surface area is 120 Å². The topological polar surface area (TPSA) is 76.9 Å². The normalized spacial score (nSPS) is 11.5. The molecule has 0 atom stereocenters. The third kappa shape index (κ3) is 3.13. The summed E-state index contributed by atoms with van der Waals surface area (Å²) in [6.45, 7) is 1.92. The number of hydrogen-bond donors (Lipinski definition) is 1. The van der Waals surface area contributed by atoms with Crippen molar-refractivity contribution >= 4 is 31.6 Å². The molecule has 6 nitrogen and oxygen atoms in total. The fourth-order valence-corrected chi connectivity index (χ4v) is 3.20. The van der Waals surface area contributed by atoms with Crippen molar-refractivity contribution < 1.29 is 8.42 Å². The molecule has 2 aromatic heterocycles. The zero-order chi connectivity index (χ0) is 14.0. The molecule has 0 saturated carbocycles. The van der Waals surface area contributed by atoms with Gasteiger partial charge >= 0.3 is 0 Å². The van der Waals surface area contributed by atoms with Crippen molar-refractivity contribution in [3.05, 3.63) is 34.8 Å². The van der Waals surface area contributed by atoms with E-state index in [1.54, 1.807) is 17.9 Å². The van der Waals surface area contributed by atoms with Gasteiger partial charge in [-0.05, 0) is 28.4 Å². The maximum Gasteiger partial charge on any atom is 0.263 e. The molecular formula is C11H13BrN4O2S. The van der Waals surface area contributed by atoms with Crippen molar-refractivity contribution in [1.82, 2.24) is 14.8 Å².